The number of hydrogen-bond acceptors (Lipinski definition) is 2. The Labute approximate surface area is 91.8 Å². The summed E-state index contributed by atoms with van der Waals surface area (Å²) >= 11 is 0. The van der Waals surface area contributed by atoms with Crippen molar-refractivity contribution >= 4 is 5.91 Å². The van der Waals surface area contributed by atoms with Crippen LogP contribution in [0, 0.1) is 5.92 Å². The molecule has 2 aliphatic rings. The third-order valence-electron chi connectivity index (χ3n) is 3.67. The van der Waals surface area contributed by atoms with E-state index in [-0.39, 0.29) is 11.9 Å². The summed E-state index contributed by atoms with van der Waals surface area (Å²) in [6.45, 7) is 0. The van der Waals surface area contributed by atoms with Gasteiger partial charge >= 0.3 is 0 Å². The highest BCUT2D eigenvalue weighted by atomic mass is 16.1. The molecule has 1 atom stereocenters. The maximum Gasteiger partial charge on any atom is 0.234 e. The maximum atomic E-state index is 11.4. The van der Waals surface area contributed by atoms with Crippen LogP contribution in [0.5, 0.6) is 0 Å². The highest BCUT2D eigenvalue weighted by Gasteiger charge is 2.32. The monoisotopic (exact) mass is 210 g/mol. The van der Waals surface area contributed by atoms with Crippen molar-refractivity contribution in [2.45, 2.75) is 63.5 Å². The zero-order chi connectivity index (χ0) is 10.7. The van der Waals surface area contributed by atoms with Crippen molar-refractivity contribution < 1.29 is 4.79 Å². The normalized spacial score (nSPS) is 25.9. The van der Waals surface area contributed by atoms with Crippen molar-refractivity contribution in [1.82, 2.24) is 5.32 Å². The standard InChI is InChI=1S/C12H22N2O/c13-12(15)11(14-10-7-8-10)9-5-3-1-2-4-6-9/h9-11,14H,1-8H2,(H2,13,15). The smallest absolute Gasteiger partial charge is 0.234 e. The molecule has 0 radical (unpaired) electrons. The van der Waals surface area contributed by atoms with Gasteiger partial charge in [0.2, 0.25) is 5.91 Å². The average Bonchev–Trinajstić information content (AvgIpc) is 3.02. The van der Waals surface area contributed by atoms with Gasteiger partial charge in [0.15, 0.2) is 0 Å². The van der Waals surface area contributed by atoms with Crippen molar-refractivity contribution in [3.63, 3.8) is 0 Å². The fraction of sp³-hybridized carbons (Fsp3) is 0.917. The summed E-state index contributed by atoms with van der Waals surface area (Å²) < 4.78 is 0. The lowest BCUT2D eigenvalue weighted by atomic mass is 9.91. The molecule has 0 aromatic carbocycles. The second-order valence-corrected chi connectivity index (χ2v) is 5.07. The number of carbonyl (C=O) groups is 1. The Morgan fingerprint density at radius 2 is 1.67 bits per heavy atom. The number of nitrogens with two attached hydrogens (primary N) is 1. The molecular formula is C12H22N2O. The number of hydrogen-bond donors (Lipinski definition) is 2. The molecule has 0 aliphatic heterocycles. The first-order valence-corrected chi connectivity index (χ1v) is 6.33. The Morgan fingerprint density at radius 1 is 1.07 bits per heavy atom. The van der Waals surface area contributed by atoms with Crippen LogP contribution in [-0.4, -0.2) is 18.0 Å². The molecule has 2 aliphatic carbocycles. The van der Waals surface area contributed by atoms with Gasteiger partial charge in [0, 0.05) is 6.04 Å². The summed E-state index contributed by atoms with van der Waals surface area (Å²) in [5.74, 6) is 0.347. The van der Waals surface area contributed by atoms with Crippen molar-refractivity contribution in [2.24, 2.45) is 11.7 Å². The zero-order valence-corrected chi connectivity index (χ0v) is 9.37. The summed E-state index contributed by atoms with van der Waals surface area (Å²) in [5.41, 5.74) is 5.49. The van der Waals surface area contributed by atoms with Crippen LogP contribution < -0.4 is 11.1 Å². The lowest BCUT2D eigenvalue weighted by molar-refractivity contribution is -0.121. The van der Waals surface area contributed by atoms with Crippen LogP contribution in [0.1, 0.15) is 51.4 Å². The molecule has 0 aromatic rings. The molecule has 0 saturated heterocycles. The molecule has 3 N–H and O–H groups in total. The second-order valence-electron chi connectivity index (χ2n) is 5.07. The minimum absolute atomic E-state index is 0.0596. The molecule has 2 fully saturated rings. The minimum Gasteiger partial charge on any atom is -0.368 e. The molecule has 3 nitrogen and oxygen atoms in total. The predicted octanol–water partition coefficient (Wildman–Crippen LogP) is 1.56. The van der Waals surface area contributed by atoms with Gasteiger partial charge in [-0.05, 0) is 31.6 Å². The number of carbonyl (C=O) groups excluding carboxylic acids is 1. The van der Waals surface area contributed by atoms with Crippen LogP contribution in [0.25, 0.3) is 0 Å². The van der Waals surface area contributed by atoms with Gasteiger partial charge in [0.1, 0.15) is 0 Å². The SMILES string of the molecule is NC(=O)C(NC1CC1)C1CCCCCC1. The first-order chi connectivity index (χ1) is 7.27. The molecule has 0 bridgehead atoms. The van der Waals surface area contributed by atoms with Gasteiger partial charge in [0.05, 0.1) is 6.04 Å². The Kier molecular flexibility index (Phi) is 3.62. The molecule has 2 rings (SSSR count). The van der Waals surface area contributed by atoms with E-state index < -0.39 is 0 Å². The molecule has 86 valence electrons. The van der Waals surface area contributed by atoms with Crippen LogP contribution in [0.4, 0.5) is 0 Å². The number of rotatable bonds is 4. The molecule has 0 heterocycles. The van der Waals surface area contributed by atoms with Crippen LogP contribution in [0.15, 0.2) is 0 Å². The first kappa shape index (κ1) is 10.9. The quantitative estimate of drug-likeness (QED) is 0.692. The lowest BCUT2D eigenvalue weighted by Gasteiger charge is -2.24. The van der Waals surface area contributed by atoms with Gasteiger partial charge in [0.25, 0.3) is 0 Å². The molecule has 1 amide bonds. The molecule has 3 heteroatoms. The minimum atomic E-state index is -0.145. The van der Waals surface area contributed by atoms with Crippen molar-refractivity contribution in [3.05, 3.63) is 0 Å². The molecular weight excluding hydrogens is 188 g/mol. The fourth-order valence-electron chi connectivity index (χ4n) is 2.60. The maximum absolute atomic E-state index is 11.4. The lowest BCUT2D eigenvalue weighted by Crippen LogP contribution is -2.47. The van der Waals surface area contributed by atoms with Gasteiger partial charge in [-0.25, -0.2) is 0 Å². The van der Waals surface area contributed by atoms with Crippen LogP contribution >= 0.6 is 0 Å². The van der Waals surface area contributed by atoms with Crippen LogP contribution in [-0.2, 0) is 4.79 Å². The molecule has 0 spiro atoms. The van der Waals surface area contributed by atoms with Gasteiger partial charge in [-0.2, -0.15) is 0 Å². The van der Waals surface area contributed by atoms with E-state index in [1.165, 1.54) is 51.4 Å². The van der Waals surface area contributed by atoms with E-state index in [0.29, 0.717) is 12.0 Å². The summed E-state index contributed by atoms with van der Waals surface area (Å²) in [6, 6.07) is 0.515. The van der Waals surface area contributed by atoms with Crippen LogP contribution in [0.3, 0.4) is 0 Å². The zero-order valence-electron chi connectivity index (χ0n) is 9.37. The summed E-state index contributed by atoms with van der Waals surface area (Å²) in [6.07, 6.45) is 9.96. The van der Waals surface area contributed by atoms with Gasteiger partial charge < -0.3 is 11.1 Å². The number of nitrogens with one attached hydrogen (secondary N) is 1. The first-order valence-electron chi connectivity index (χ1n) is 6.33. The third kappa shape index (κ3) is 3.20. The van der Waals surface area contributed by atoms with Crippen molar-refractivity contribution in [2.75, 3.05) is 0 Å². The second kappa shape index (κ2) is 4.97. The highest BCUT2D eigenvalue weighted by Crippen LogP contribution is 2.28. The molecule has 2 saturated carbocycles. The largest absolute Gasteiger partial charge is 0.368 e. The van der Waals surface area contributed by atoms with E-state index in [0.717, 1.165) is 0 Å². The van der Waals surface area contributed by atoms with E-state index in [1.54, 1.807) is 0 Å². The highest BCUT2D eigenvalue weighted by molar-refractivity contribution is 5.80. The molecule has 0 aromatic heterocycles. The van der Waals surface area contributed by atoms with Crippen molar-refractivity contribution in [3.8, 4) is 0 Å². The summed E-state index contributed by atoms with van der Waals surface area (Å²) in [4.78, 5) is 11.4. The van der Waals surface area contributed by atoms with E-state index in [4.69, 9.17) is 5.73 Å². The van der Waals surface area contributed by atoms with E-state index >= 15 is 0 Å². The third-order valence-corrected chi connectivity index (χ3v) is 3.67. The predicted molar refractivity (Wildman–Crippen MR) is 60.3 cm³/mol. The average molecular weight is 210 g/mol. The van der Waals surface area contributed by atoms with E-state index in [9.17, 15) is 4.79 Å². The Hall–Kier alpha value is -0.570. The van der Waals surface area contributed by atoms with Crippen molar-refractivity contribution in [1.29, 1.82) is 0 Å². The van der Waals surface area contributed by atoms with Gasteiger partial charge in [-0.15, -0.1) is 0 Å². The van der Waals surface area contributed by atoms with Gasteiger partial charge in [-0.3, -0.25) is 4.79 Å². The Morgan fingerprint density at radius 3 is 2.13 bits per heavy atom. The Bertz CT molecular complexity index is 218. The summed E-state index contributed by atoms with van der Waals surface area (Å²) in [5, 5.41) is 3.41. The number of primary amides is 1. The topological polar surface area (TPSA) is 55.1 Å². The van der Waals surface area contributed by atoms with Gasteiger partial charge in [-0.1, -0.05) is 25.7 Å². The summed E-state index contributed by atoms with van der Waals surface area (Å²) in [7, 11) is 0. The Balaban J connectivity index is 1.91. The fourth-order valence-corrected chi connectivity index (χ4v) is 2.60. The van der Waals surface area contributed by atoms with E-state index in [2.05, 4.69) is 5.32 Å². The van der Waals surface area contributed by atoms with E-state index in [1.807, 2.05) is 0 Å². The molecule has 1 unspecified atom stereocenters. The van der Waals surface area contributed by atoms with Crippen LogP contribution in [0.2, 0.25) is 0 Å². The number of amides is 1. The molecule has 15 heavy (non-hydrogen) atoms.